The molecule has 1 aromatic heterocycles. The van der Waals surface area contributed by atoms with Gasteiger partial charge in [0.05, 0.1) is 0 Å². The highest BCUT2D eigenvalue weighted by Crippen LogP contribution is 2.21. The number of rotatable bonds is 3. The summed E-state index contributed by atoms with van der Waals surface area (Å²) in [6, 6.07) is 6.96. The van der Waals surface area contributed by atoms with E-state index in [1.54, 1.807) is 6.33 Å². The Morgan fingerprint density at radius 3 is 3.11 bits per heavy atom. The van der Waals surface area contributed by atoms with Gasteiger partial charge in [0.25, 0.3) is 0 Å². The minimum absolute atomic E-state index is 0.360. The van der Waals surface area contributed by atoms with Crippen molar-refractivity contribution in [2.45, 2.75) is 39.3 Å². The Morgan fingerprint density at radius 2 is 2.26 bits per heavy atom. The highest BCUT2D eigenvalue weighted by Gasteiger charge is 2.15. The van der Waals surface area contributed by atoms with Crippen molar-refractivity contribution in [3.8, 4) is 0 Å². The Labute approximate surface area is 113 Å². The van der Waals surface area contributed by atoms with Gasteiger partial charge in [-0.2, -0.15) is 5.10 Å². The van der Waals surface area contributed by atoms with Gasteiger partial charge in [0.15, 0.2) is 0 Å². The number of aromatic nitrogens is 3. The molecule has 0 aliphatic carbocycles. The molecule has 0 bridgehead atoms. The normalized spacial score (nSPS) is 14.7. The Hall–Kier alpha value is -1.68. The molecule has 19 heavy (non-hydrogen) atoms. The van der Waals surface area contributed by atoms with Crippen LogP contribution in [0, 0.1) is 0 Å². The van der Waals surface area contributed by atoms with E-state index in [2.05, 4.69) is 47.4 Å². The molecule has 0 unspecified atom stereocenters. The Balaban J connectivity index is 1.93. The van der Waals surface area contributed by atoms with Crippen molar-refractivity contribution in [2.24, 2.45) is 0 Å². The topological polar surface area (TPSA) is 42.7 Å². The maximum Gasteiger partial charge on any atom is 0.138 e. The van der Waals surface area contributed by atoms with Crippen LogP contribution < -0.4 is 5.32 Å². The molecule has 0 radical (unpaired) electrons. The highest BCUT2D eigenvalue weighted by atomic mass is 15.3. The summed E-state index contributed by atoms with van der Waals surface area (Å²) in [5.41, 5.74) is 4.33. The van der Waals surface area contributed by atoms with E-state index in [-0.39, 0.29) is 0 Å². The van der Waals surface area contributed by atoms with Crippen LogP contribution in [0.5, 0.6) is 0 Å². The van der Waals surface area contributed by atoms with Crippen molar-refractivity contribution < 1.29 is 0 Å². The van der Waals surface area contributed by atoms with Crippen molar-refractivity contribution in [1.29, 1.82) is 0 Å². The van der Waals surface area contributed by atoms with E-state index < -0.39 is 0 Å². The summed E-state index contributed by atoms with van der Waals surface area (Å²) in [6.07, 6.45) is 3.65. The molecular weight excluding hydrogens is 236 g/mol. The summed E-state index contributed by atoms with van der Waals surface area (Å²) >= 11 is 0. The molecule has 100 valence electrons. The van der Waals surface area contributed by atoms with Crippen LogP contribution in [-0.4, -0.2) is 21.3 Å². The standard InChI is InChI=1S/C15H20N4/c1-11(2)19-15(17-10-18-19)8-12-4-3-5-13-9-16-7-6-14(12)13/h3-5,10-11,16H,6-9H2,1-2H3. The second-order valence-corrected chi connectivity index (χ2v) is 5.37. The first-order chi connectivity index (χ1) is 9.25. The molecule has 2 aromatic rings. The first-order valence-electron chi connectivity index (χ1n) is 6.94. The van der Waals surface area contributed by atoms with E-state index in [0.717, 1.165) is 31.8 Å². The first-order valence-corrected chi connectivity index (χ1v) is 6.94. The van der Waals surface area contributed by atoms with Crippen LogP contribution >= 0.6 is 0 Å². The van der Waals surface area contributed by atoms with Gasteiger partial charge in [-0.25, -0.2) is 9.67 Å². The molecule has 2 heterocycles. The molecule has 1 aliphatic heterocycles. The van der Waals surface area contributed by atoms with Crippen molar-refractivity contribution in [3.63, 3.8) is 0 Å². The lowest BCUT2D eigenvalue weighted by Gasteiger charge is -2.20. The Bertz CT molecular complexity index is 571. The van der Waals surface area contributed by atoms with Crippen LogP contribution in [0.2, 0.25) is 0 Å². The predicted octanol–water partition coefficient (Wildman–Crippen LogP) is 2.10. The molecule has 0 fully saturated rings. The third-order valence-electron chi connectivity index (χ3n) is 3.72. The number of hydrogen-bond acceptors (Lipinski definition) is 3. The SMILES string of the molecule is CC(C)n1ncnc1Cc1cccc2c1CCNC2. The zero-order valence-corrected chi connectivity index (χ0v) is 11.6. The molecule has 4 heteroatoms. The van der Waals surface area contributed by atoms with E-state index in [4.69, 9.17) is 0 Å². The van der Waals surface area contributed by atoms with Crippen LogP contribution in [0.25, 0.3) is 0 Å². The minimum Gasteiger partial charge on any atom is -0.312 e. The van der Waals surface area contributed by atoms with E-state index >= 15 is 0 Å². The predicted molar refractivity (Wildman–Crippen MR) is 75.1 cm³/mol. The number of nitrogens with one attached hydrogen (secondary N) is 1. The summed E-state index contributed by atoms with van der Waals surface area (Å²) in [7, 11) is 0. The summed E-state index contributed by atoms with van der Waals surface area (Å²) < 4.78 is 2.01. The third kappa shape index (κ3) is 2.40. The largest absolute Gasteiger partial charge is 0.312 e. The zero-order valence-electron chi connectivity index (χ0n) is 11.6. The number of fused-ring (bicyclic) bond motifs is 1. The molecule has 1 aromatic carbocycles. The van der Waals surface area contributed by atoms with Gasteiger partial charge in [-0.05, 0) is 43.5 Å². The van der Waals surface area contributed by atoms with Gasteiger partial charge in [-0.3, -0.25) is 0 Å². The fourth-order valence-corrected chi connectivity index (χ4v) is 2.78. The molecule has 0 saturated carbocycles. The smallest absolute Gasteiger partial charge is 0.138 e. The van der Waals surface area contributed by atoms with Gasteiger partial charge >= 0.3 is 0 Å². The van der Waals surface area contributed by atoms with Crippen molar-refractivity contribution in [2.75, 3.05) is 6.54 Å². The monoisotopic (exact) mass is 256 g/mol. The van der Waals surface area contributed by atoms with Crippen LogP contribution in [0.1, 0.15) is 42.4 Å². The van der Waals surface area contributed by atoms with Crippen molar-refractivity contribution in [3.05, 3.63) is 47.0 Å². The van der Waals surface area contributed by atoms with Crippen molar-refractivity contribution in [1.82, 2.24) is 20.1 Å². The Kier molecular flexibility index (Phi) is 3.34. The molecule has 0 saturated heterocycles. The van der Waals surface area contributed by atoms with Gasteiger partial charge < -0.3 is 5.32 Å². The molecular formula is C15H20N4. The molecule has 0 amide bonds. The average Bonchev–Trinajstić information content (AvgIpc) is 2.87. The lowest BCUT2D eigenvalue weighted by molar-refractivity contribution is 0.509. The van der Waals surface area contributed by atoms with E-state index in [9.17, 15) is 0 Å². The van der Waals surface area contributed by atoms with Gasteiger partial charge in [0.2, 0.25) is 0 Å². The maximum absolute atomic E-state index is 4.42. The first kappa shape index (κ1) is 12.4. The zero-order chi connectivity index (χ0) is 13.2. The second kappa shape index (κ2) is 5.13. The van der Waals surface area contributed by atoms with Crippen LogP contribution in [0.3, 0.4) is 0 Å². The highest BCUT2D eigenvalue weighted by molar-refractivity contribution is 5.38. The average molecular weight is 256 g/mol. The summed E-state index contributed by atoms with van der Waals surface area (Å²) in [4.78, 5) is 4.42. The van der Waals surface area contributed by atoms with Gasteiger partial charge in [0.1, 0.15) is 12.2 Å². The quantitative estimate of drug-likeness (QED) is 0.914. The van der Waals surface area contributed by atoms with Crippen LogP contribution in [0.4, 0.5) is 0 Å². The number of hydrogen-bond donors (Lipinski definition) is 1. The summed E-state index contributed by atoms with van der Waals surface area (Å²) in [5.74, 6) is 1.06. The van der Waals surface area contributed by atoms with E-state index in [0.29, 0.717) is 6.04 Å². The second-order valence-electron chi connectivity index (χ2n) is 5.37. The van der Waals surface area contributed by atoms with Gasteiger partial charge in [0, 0.05) is 19.0 Å². The molecule has 0 atom stereocenters. The maximum atomic E-state index is 4.42. The van der Waals surface area contributed by atoms with Gasteiger partial charge in [-0.1, -0.05) is 18.2 Å². The molecule has 1 aliphatic rings. The van der Waals surface area contributed by atoms with E-state index in [1.807, 2.05) is 4.68 Å². The Morgan fingerprint density at radius 1 is 1.37 bits per heavy atom. The minimum atomic E-state index is 0.360. The third-order valence-corrected chi connectivity index (χ3v) is 3.72. The van der Waals surface area contributed by atoms with Crippen LogP contribution in [-0.2, 0) is 19.4 Å². The molecule has 3 rings (SSSR count). The molecule has 0 spiro atoms. The molecule has 4 nitrogen and oxygen atoms in total. The molecule has 1 N–H and O–H groups in total. The van der Waals surface area contributed by atoms with Crippen molar-refractivity contribution >= 4 is 0 Å². The number of nitrogens with zero attached hydrogens (tertiary/aromatic N) is 3. The van der Waals surface area contributed by atoms with Crippen LogP contribution in [0.15, 0.2) is 24.5 Å². The summed E-state index contributed by atoms with van der Waals surface area (Å²) in [5, 5.41) is 7.74. The van der Waals surface area contributed by atoms with Gasteiger partial charge in [-0.15, -0.1) is 0 Å². The fourth-order valence-electron chi connectivity index (χ4n) is 2.78. The fraction of sp³-hybridized carbons (Fsp3) is 0.467. The lowest BCUT2D eigenvalue weighted by atomic mass is 9.93. The van der Waals surface area contributed by atoms with E-state index in [1.165, 1.54) is 16.7 Å². The summed E-state index contributed by atoms with van der Waals surface area (Å²) in [6.45, 7) is 6.34. The number of benzene rings is 1. The lowest BCUT2D eigenvalue weighted by Crippen LogP contribution is -2.24.